The maximum absolute atomic E-state index is 12.5. The number of alkyl halides is 2. The van der Waals surface area contributed by atoms with Gasteiger partial charge in [-0.3, -0.25) is 4.79 Å². The fourth-order valence-electron chi connectivity index (χ4n) is 1.93. The number of rotatable bonds is 5. The first-order valence-corrected chi connectivity index (χ1v) is 7.14. The molecule has 0 fully saturated rings. The zero-order chi connectivity index (χ0) is 13.7. The number of ether oxygens (including phenoxy) is 2. The molecule has 4 nitrogen and oxygen atoms in total. The smallest absolute Gasteiger partial charge is 0.257 e. The van der Waals surface area contributed by atoms with Crippen molar-refractivity contribution in [1.29, 1.82) is 0 Å². The third-order valence-corrected chi connectivity index (χ3v) is 3.13. The average molecular weight is 304 g/mol. The van der Waals surface area contributed by atoms with E-state index in [1.54, 1.807) is 23.1 Å². The van der Waals surface area contributed by atoms with Crippen molar-refractivity contribution in [3.63, 3.8) is 0 Å². The molecular formula is C13H15Cl2NO3. The first-order chi connectivity index (χ1) is 9.27. The monoisotopic (exact) mass is 303 g/mol. The highest BCUT2D eigenvalue weighted by atomic mass is 35.5. The number of hydrogen-bond acceptors (Lipinski definition) is 3. The van der Waals surface area contributed by atoms with Gasteiger partial charge in [0.15, 0.2) is 11.5 Å². The van der Waals surface area contributed by atoms with Gasteiger partial charge < -0.3 is 14.4 Å². The Labute approximate surface area is 122 Å². The van der Waals surface area contributed by atoms with E-state index in [1.807, 2.05) is 0 Å². The summed E-state index contributed by atoms with van der Waals surface area (Å²) in [5.41, 5.74) is 0.493. The number of amides is 1. The van der Waals surface area contributed by atoms with Crippen LogP contribution in [-0.2, 0) is 0 Å². The highest BCUT2D eigenvalue weighted by Gasteiger charge is 2.23. The second kappa shape index (κ2) is 6.87. The lowest BCUT2D eigenvalue weighted by atomic mass is 10.1. The fourth-order valence-corrected chi connectivity index (χ4v) is 2.34. The summed E-state index contributed by atoms with van der Waals surface area (Å²) in [6.45, 7) is 1.86. The predicted molar refractivity (Wildman–Crippen MR) is 74.8 cm³/mol. The second-order valence-corrected chi connectivity index (χ2v) is 4.76. The van der Waals surface area contributed by atoms with Gasteiger partial charge in [0, 0.05) is 24.8 Å². The highest BCUT2D eigenvalue weighted by molar-refractivity contribution is 6.18. The Balaban J connectivity index is 2.27. The minimum Gasteiger partial charge on any atom is -0.486 e. The van der Waals surface area contributed by atoms with Crippen LogP contribution in [0.3, 0.4) is 0 Å². The zero-order valence-corrected chi connectivity index (χ0v) is 11.9. The molecule has 0 spiro atoms. The van der Waals surface area contributed by atoms with Crippen LogP contribution in [0.4, 0.5) is 0 Å². The third-order valence-electron chi connectivity index (χ3n) is 2.79. The van der Waals surface area contributed by atoms with E-state index in [2.05, 4.69) is 0 Å². The minimum absolute atomic E-state index is 0.136. The molecule has 104 valence electrons. The van der Waals surface area contributed by atoms with Gasteiger partial charge in [-0.25, -0.2) is 0 Å². The van der Waals surface area contributed by atoms with Gasteiger partial charge in [0.1, 0.15) is 13.2 Å². The number of carbonyl (C=O) groups excluding carboxylic acids is 1. The van der Waals surface area contributed by atoms with Crippen LogP contribution < -0.4 is 9.47 Å². The van der Waals surface area contributed by atoms with Crippen molar-refractivity contribution >= 4 is 29.1 Å². The largest absolute Gasteiger partial charge is 0.486 e. The van der Waals surface area contributed by atoms with Crippen molar-refractivity contribution in [3.05, 3.63) is 23.8 Å². The molecule has 1 aliphatic rings. The molecule has 1 aliphatic heterocycles. The molecular weight excluding hydrogens is 289 g/mol. The summed E-state index contributed by atoms with van der Waals surface area (Å²) >= 11 is 11.4. The van der Waals surface area contributed by atoms with Gasteiger partial charge in [0.2, 0.25) is 0 Å². The lowest BCUT2D eigenvalue weighted by Crippen LogP contribution is -2.35. The van der Waals surface area contributed by atoms with E-state index in [9.17, 15) is 4.79 Å². The van der Waals surface area contributed by atoms with Crippen molar-refractivity contribution in [2.75, 3.05) is 38.1 Å². The number of nitrogens with zero attached hydrogens (tertiary/aromatic N) is 1. The summed E-state index contributed by atoms with van der Waals surface area (Å²) in [4.78, 5) is 14.1. The molecule has 6 heteroatoms. The maximum atomic E-state index is 12.5. The van der Waals surface area contributed by atoms with Crippen LogP contribution >= 0.6 is 23.2 Å². The van der Waals surface area contributed by atoms with Crippen molar-refractivity contribution in [2.45, 2.75) is 0 Å². The fraction of sp³-hybridized carbons (Fsp3) is 0.462. The van der Waals surface area contributed by atoms with E-state index in [0.29, 0.717) is 55.1 Å². The molecule has 1 amide bonds. The molecule has 2 rings (SSSR count). The van der Waals surface area contributed by atoms with Crippen LogP contribution in [0.2, 0.25) is 0 Å². The summed E-state index contributed by atoms with van der Waals surface area (Å²) in [5.74, 6) is 1.72. The molecule has 0 aliphatic carbocycles. The normalized spacial score (nSPS) is 13.2. The maximum Gasteiger partial charge on any atom is 0.257 e. The van der Waals surface area contributed by atoms with Crippen LogP contribution in [0.1, 0.15) is 10.4 Å². The number of fused-ring (bicyclic) bond motifs is 1. The SMILES string of the molecule is O=C(c1cccc2c1OCCO2)N(CCCl)CCCl. The summed E-state index contributed by atoms with van der Waals surface area (Å²) in [5, 5.41) is 0. The van der Waals surface area contributed by atoms with Gasteiger partial charge in [0.05, 0.1) is 5.56 Å². The Hall–Kier alpha value is -1.13. The first kappa shape index (κ1) is 14.3. The Bertz CT molecular complexity index is 448. The molecule has 0 aromatic heterocycles. The topological polar surface area (TPSA) is 38.8 Å². The Morgan fingerprint density at radius 3 is 2.53 bits per heavy atom. The van der Waals surface area contributed by atoms with Crippen LogP contribution in [-0.4, -0.2) is 48.9 Å². The van der Waals surface area contributed by atoms with Gasteiger partial charge in [0.25, 0.3) is 5.91 Å². The Morgan fingerprint density at radius 2 is 1.84 bits per heavy atom. The van der Waals surface area contributed by atoms with E-state index in [4.69, 9.17) is 32.7 Å². The van der Waals surface area contributed by atoms with Crippen molar-refractivity contribution in [3.8, 4) is 11.5 Å². The molecule has 1 aromatic rings. The summed E-state index contributed by atoms with van der Waals surface area (Å²) in [7, 11) is 0. The van der Waals surface area contributed by atoms with Crippen molar-refractivity contribution < 1.29 is 14.3 Å². The molecule has 1 aromatic carbocycles. The lowest BCUT2D eigenvalue weighted by Gasteiger charge is -2.24. The highest BCUT2D eigenvalue weighted by Crippen LogP contribution is 2.34. The van der Waals surface area contributed by atoms with E-state index in [0.717, 1.165) is 0 Å². The lowest BCUT2D eigenvalue weighted by molar-refractivity contribution is 0.0764. The van der Waals surface area contributed by atoms with Gasteiger partial charge in [-0.05, 0) is 12.1 Å². The van der Waals surface area contributed by atoms with Gasteiger partial charge >= 0.3 is 0 Å². The number of benzene rings is 1. The Morgan fingerprint density at radius 1 is 1.16 bits per heavy atom. The second-order valence-electron chi connectivity index (χ2n) is 4.00. The summed E-state index contributed by atoms with van der Waals surface area (Å²) < 4.78 is 11.0. The average Bonchev–Trinajstić information content (AvgIpc) is 2.46. The van der Waals surface area contributed by atoms with Crippen LogP contribution in [0.5, 0.6) is 11.5 Å². The first-order valence-electron chi connectivity index (χ1n) is 6.07. The number of hydrogen-bond donors (Lipinski definition) is 0. The minimum atomic E-state index is -0.136. The summed E-state index contributed by atoms with van der Waals surface area (Å²) in [6, 6.07) is 5.30. The number of para-hydroxylation sites is 1. The van der Waals surface area contributed by atoms with E-state index >= 15 is 0 Å². The number of halogens is 2. The molecule has 0 saturated heterocycles. The van der Waals surface area contributed by atoms with Gasteiger partial charge in [-0.1, -0.05) is 6.07 Å². The molecule has 0 atom stereocenters. The Kier molecular flexibility index (Phi) is 5.16. The van der Waals surface area contributed by atoms with Crippen LogP contribution in [0.25, 0.3) is 0 Å². The van der Waals surface area contributed by atoms with E-state index in [1.165, 1.54) is 0 Å². The molecule has 0 unspecified atom stereocenters. The van der Waals surface area contributed by atoms with E-state index in [-0.39, 0.29) is 5.91 Å². The van der Waals surface area contributed by atoms with Crippen LogP contribution in [0, 0.1) is 0 Å². The summed E-state index contributed by atoms with van der Waals surface area (Å²) in [6.07, 6.45) is 0. The number of carbonyl (C=O) groups is 1. The molecule has 0 bridgehead atoms. The molecule has 1 heterocycles. The predicted octanol–water partition coefficient (Wildman–Crippen LogP) is 2.38. The quantitative estimate of drug-likeness (QED) is 0.784. The van der Waals surface area contributed by atoms with Crippen molar-refractivity contribution in [2.24, 2.45) is 0 Å². The van der Waals surface area contributed by atoms with E-state index < -0.39 is 0 Å². The van der Waals surface area contributed by atoms with Gasteiger partial charge in [-0.15, -0.1) is 23.2 Å². The van der Waals surface area contributed by atoms with Gasteiger partial charge in [-0.2, -0.15) is 0 Å². The molecule has 0 saturated carbocycles. The van der Waals surface area contributed by atoms with Crippen LogP contribution in [0.15, 0.2) is 18.2 Å². The zero-order valence-electron chi connectivity index (χ0n) is 10.4. The third kappa shape index (κ3) is 3.25. The molecule has 0 radical (unpaired) electrons. The van der Waals surface area contributed by atoms with Crippen molar-refractivity contribution in [1.82, 2.24) is 4.90 Å². The molecule has 0 N–H and O–H groups in total. The standard InChI is InChI=1S/C13H15Cl2NO3/c14-4-6-16(7-5-15)13(17)10-2-1-3-11-12(10)19-9-8-18-11/h1-3H,4-9H2. The molecule has 19 heavy (non-hydrogen) atoms.